The highest BCUT2D eigenvalue weighted by molar-refractivity contribution is 7.86. The average molecular weight is 425 g/mol. The zero-order chi connectivity index (χ0) is 20.1. The number of rotatable bonds is 5. The second-order valence-electron chi connectivity index (χ2n) is 8.10. The third-order valence-electron chi connectivity index (χ3n) is 6.15. The molecule has 2 heterocycles. The van der Waals surface area contributed by atoms with E-state index in [1.807, 2.05) is 32.0 Å². The summed E-state index contributed by atoms with van der Waals surface area (Å²) in [5.41, 5.74) is 0.912. The van der Waals surface area contributed by atoms with Crippen LogP contribution in [0.1, 0.15) is 44.9 Å². The van der Waals surface area contributed by atoms with Crippen molar-refractivity contribution in [2.24, 2.45) is 5.41 Å². The lowest BCUT2D eigenvalue weighted by molar-refractivity contribution is 0.228. The lowest BCUT2D eigenvalue weighted by atomic mass is 9.92. The lowest BCUT2D eigenvalue weighted by Gasteiger charge is -2.35. The van der Waals surface area contributed by atoms with Crippen LogP contribution in [0.25, 0.3) is 11.4 Å². The molecule has 0 radical (unpaired) electrons. The van der Waals surface area contributed by atoms with Crippen molar-refractivity contribution in [1.29, 1.82) is 0 Å². The number of aromatic nitrogens is 2. The van der Waals surface area contributed by atoms with Crippen molar-refractivity contribution >= 4 is 21.8 Å². The van der Waals surface area contributed by atoms with Gasteiger partial charge in [0.25, 0.3) is 10.2 Å². The largest absolute Gasteiger partial charge is 0.339 e. The Morgan fingerprint density at radius 3 is 2.68 bits per heavy atom. The monoisotopic (exact) mass is 424 g/mol. The maximum atomic E-state index is 12.7. The van der Waals surface area contributed by atoms with Crippen LogP contribution < -0.4 is 0 Å². The van der Waals surface area contributed by atoms with Crippen molar-refractivity contribution in [2.45, 2.75) is 45.1 Å². The minimum Gasteiger partial charge on any atom is -0.339 e. The minimum absolute atomic E-state index is 0.0575. The molecule has 2 aromatic rings. The summed E-state index contributed by atoms with van der Waals surface area (Å²) in [6, 6.07) is 7.32. The van der Waals surface area contributed by atoms with Crippen LogP contribution in [-0.4, -0.2) is 53.3 Å². The second-order valence-corrected chi connectivity index (χ2v) is 10.5. The summed E-state index contributed by atoms with van der Waals surface area (Å²) in [4.78, 5) is 4.58. The molecule has 4 rings (SSSR count). The molecule has 2 aliphatic rings. The Labute approximate surface area is 170 Å². The average Bonchev–Trinajstić information content (AvgIpc) is 3.13. The van der Waals surface area contributed by atoms with Crippen LogP contribution in [0.5, 0.6) is 0 Å². The molecular formula is C19H25ClN4O3S. The molecule has 0 N–H and O–H groups in total. The Morgan fingerprint density at radius 2 is 2.04 bits per heavy atom. The van der Waals surface area contributed by atoms with Crippen molar-refractivity contribution in [3.05, 3.63) is 35.2 Å². The first-order valence-corrected chi connectivity index (χ1v) is 11.3. The van der Waals surface area contributed by atoms with Gasteiger partial charge in [-0.25, -0.2) is 0 Å². The molecule has 1 saturated carbocycles. The number of hydrogen-bond acceptors (Lipinski definition) is 5. The van der Waals surface area contributed by atoms with Gasteiger partial charge in [0.05, 0.1) is 0 Å². The summed E-state index contributed by atoms with van der Waals surface area (Å²) in [5, 5.41) is 4.74. The number of nitrogens with zero attached hydrogens (tertiary/aromatic N) is 4. The fourth-order valence-corrected chi connectivity index (χ4v) is 5.71. The molecule has 1 aliphatic heterocycles. The van der Waals surface area contributed by atoms with Gasteiger partial charge in [0.2, 0.25) is 11.7 Å². The maximum absolute atomic E-state index is 12.7. The van der Waals surface area contributed by atoms with E-state index in [0.29, 0.717) is 29.8 Å². The van der Waals surface area contributed by atoms with Gasteiger partial charge in [-0.05, 0) is 50.7 Å². The van der Waals surface area contributed by atoms with Crippen LogP contribution in [-0.2, 0) is 10.2 Å². The van der Waals surface area contributed by atoms with Crippen molar-refractivity contribution in [2.75, 3.05) is 20.1 Å². The van der Waals surface area contributed by atoms with Gasteiger partial charge < -0.3 is 4.52 Å². The summed E-state index contributed by atoms with van der Waals surface area (Å²) in [6.07, 6.45) is 2.60. The Kier molecular flexibility index (Phi) is 5.02. The highest BCUT2D eigenvalue weighted by atomic mass is 35.5. The van der Waals surface area contributed by atoms with Crippen LogP contribution in [0.3, 0.4) is 0 Å². The molecule has 152 valence electrons. The topological polar surface area (TPSA) is 79.5 Å². The van der Waals surface area contributed by atoms with E-state index in [0.717, 1.165) is 24.8 Å². The van der Waals surface area contributed by atoms with E-state index in [1.165, 1.54) is 4.31 Å². The van der Waals surface area contributed by atoms with E-state index in [-0.39, 0.29) is 17.4 Å². The van der Waals surface area contributed by atoms with E-state index in [1.54, 1.807) is 17.4 Å². The Hall–Kier alpha value is -1.48. The molecular weight excluding hydrogens is 400 g/mol. The maximum Gasteiger partial charge on any atom is 0.281 e. The third-order valence-corrected chi connectivity index (χ3v) is 8.55. The van der Waals surface area contributed by atoms with Gasteiger partial charge in [-0.15, -0.1) is 0 Å². The fraction of sp³-hybridized carbons (Fsp3) is 0.579. The molecule has 1 unspecified atom stereocenters. The van der Waals surface area contributed by atoms with Gasteiger partial charge in [-0.1, -0.05) is 28.9 Å². The molecule has 2 fully saturated rings. The molecule has 1 atom stereocenters. The molecule has 0 bridgehead atoms. The van der Waals surface area contributed by atoms with E-state index in [4.69, 9.17) is 16.1 Å². The van der Waals surface area contributed by atoms with E-state index >= 15 is 0 Å². The zero-order valence-corrected chi connectivity index (χ0v) is 17.9. The van der Waals surface area contributed by atoms with Crippen LogP contribution in [0.2, 0.25) is 5.02 Å². The van der Waals surface area contributed by atoms with Gasteiger partial charge in [-0.3, -0.25) is 0 Å². The van der Waals surface area contributed by atoms with E-state index in [2.05, 4.69) is 10.1 Å². The summed E-state index contributed by atoms with van der Waals surface area (Å²) in [5.74, 6) is 1.39. The predicted octanol–water partition coefficient (Wildman–Crippen LogP) is 3.54. The van der Waals surface area contributed by atoms with E-state index < -0.39 is 10.2 Å². The molecule has 0 amide bonds. The van der Waals surface area contributed by atoms with Crippen molar-refractivity contribution in [1.82, 2.24) is 18.8 Å². The quantitative estimate of drug-likeness (QED) is 0.733. The molecule has 1 aromatic carbocycles. The first kappa shape index (κ1) is 19.8. The first-order valence-electron chi connectivity index (χ1n) is 9.56. The molecule has 1 aromatic heterocycles. The number of piperidine rings is 1. The summed E-state index contributed by atoms with van der Waals surface area (Å²) >= 11 is 6.04. The van der Waals surface area contributed by atoms with Crippen LogP contribution in [0.15, 0.2) is 28.8 Å². The normalized spacial score (nSPS) is 22.3. The molecule has 1 spiro atoms. The van der Waals surface area contributed by atoms with E-state index in [9.17, 15) is 8.42 Å². The predicted molar refractivity (Wildman–Crippen MR) is 107 cm³/mol. The summed E-state index contributed by atoms with van der Waals surface area (Å²) in [7, 11) is -1.76. The standard InChI is InChI=1S/C19H25ClN4O3S/c1-13(2)23(3)28(25,26)24-9-7-19(8-10-24)12-16(19)18-21-17(22-27-18)14-5-4-6-15(20)11-14/h4-6,11,13,16H,7-10,12H2,1-3H3. The van der Waals surface area contributed by atoms with Crippen LogP contribution in [0, 0.1) is 5.41 Å². The molecule has 9 heteroatoms. The fourth-order valence-electron chi connectivity index (χ4n) is 3.98. The summed E-state index contributed by atoms with van der Waals surface area (Å²) in [6.45, 7) is 4.83. The van der Waals surface area contributed by atoms with Gasteiger partial charge in [0, 0.05) is 42.7 Å². The Balaban J connectivity index is 1.43. The lowest BCUT2D eigenvalue weighted by Crippen LogP contribution is -2.48. The smallest absolute Gasteiger partial charge is 0.281 e. The van der Waals surface area contributed by atoms with Crippen molar-refractivity contribution in [3.63, 3.8) is 0 Å². The van der Waals surface area contributed by atoms with Crippen molar-refractivity contribution in [3.8, 4) is 11.4 Å². The van der Waals surface area contributed by atoms with Crippen molar-refractivity contribution < 1.29 is 12.9 Å². The molecule has 1 aliphatic carbocycles. The second kappa shape index (κ2) is 7.09. The Morgan fingerprint density at radius 1 is 1.32 bits per heavy atom. The van der Waals surface area contributed by atoms with Gasteiger partial charge in [0.15, 0.2) is 0 Å². The van der Waals surface area contributed by atoms with Gasteiger partial charge in [-0.2, -0.15) is 22.0 Å². The SMILES string of the molecule is CC(C)N(C)S(=O)(=O)N1CCC2(CC1)CC2c1nc(-c2cccc(Cl)c2)no1. The van der Waals surface area contributed by atoms with Gasteiger partial charge >= 0.3 is 0 Å². The first-order chi connectivity index (χ1) is 13.2. The molecule has 1 saturated heterocycles. The number of benzene rings is 1. The molecule has 7 nitrogen and oxygen atoms in total. The van der Waals surface area contributed by atoms with Crippen LogP contribution >= 0.6 is 11.6 Å². The number of hydrogen-bond donors (Lipinski definition) is 0. The minimum atomic E-state index is -3.40. The third kappa shape index (κ3) is 3.47. The number of halogens is 1. The summed E-state index contributed by atoms with van der Waals surface area (Å²) < 4.78 is 34.0. The molecule has 28 heavy (non-hydrogen) atoms. The highest BCUT2D eigenvalue weighted by Gasteiger charge is 2.59. The van der Waals surface area contributed by atoms with Gasteiger partial charge in [0.1, 0.15) is 0 Å². The van der Waals surface area contributed by atoms with Crippen LogP contribution in [0.4, 0.5) is 0 Å². The zero-order valence-electron chi connectivity index (χ0n) is 16.3. The Bertz CT molecular complexity index is 967. The highest BCUT2D eigenvalue weighted by Crippen LogP contribution is 2.64.